The van der Waals surface area contributed by atoms with Gasteiger partial charge in [0.25, 0.3) is 0 Å². The standard InChI is InChI=1S/C13H17IO/c1-10(2)3-8-13(15)9-11-4-6-12(14)7-5-11/h4-7,10H,3,8-9H2,1-2H3. The molecule has 1 nitrogen and oxygen atoms in total. The topological polar surface area (TPSA) is 17.1 Å². The number of hydrogen-bond donors (Lipinski definition) is 0. The molecule has 0 fully saturated rings. The van der Waals surface area contributed by atoms with Gasteiger partial charge in [-0.25, -0.2) is 0 Å². The van der Waals surface area contributed by atoms with E-state index in [0.717, 1.165) is 12.0 Å². The second-order valence-electron chi connectivity index (χ2n) is 4.27. The Morgan fingerprint density at radius 2 is 1.87 bits per heavy atom. The van der Waals surface area contributed by atoms with Crippen molar-refractivity contribution in [2.75, 3.05) is 0 Å². The first kappa shape index (κ1) is 12.7. The van der Waals surface area contributed by atoms with Gasteiger partial charge in [0.05, 0.1) is 0 Å². The van der Waals surface area contributed by atoms with Crippen LogP contribution >= 0.6 is 22.6 Å². The number of Topliss-reactive ketones (excluding diaryl/α,β-unsaturated/α-hetero) is 1. The fourth-order valence-electron chi connectivity index (χ4n) is 1.37. The van der Waals surface area contributed by atoms with Crippen LogP contribution in [0.25, 0.3) is 0 Å². The van der Waals surface area contributed by atoms with Gasteiger partial charge in [0.15, 0.2) is 0 Å². The van der Waals surface area contributed by atoms with Crippen molar-refractivity contribution in [3.8, 4) is 0 Å². The Labute approximate surface area is 105 Å². The van der Waals surface area contributed by atoms with Crippen molar-refractivity contribution in [3.05, 3.63) is 33.4 Å². The van der Waals surface area contributed by atoms with Gasteiger partial charge < -0.3 is 0 Å². The predicted octanol–water partition coefficient (Wildman–Crippen LogP) is 3.84. The highest BCUT2D eigenvalue weighted by Crippen LogP contribution is 2.10. The van der Waals surface area contributed by atoms with E-state index in [4.69, 9.17) is 0 Å². The molecule has 0 aromatic heterocycles. The average Bonchev–Trinajstić information content (AvgIpc) is 2.19. The minimum Gasteiger partial charge on any atom is -0.299 e. The van der Waals surface area contributed by atoms with Gasteiger partial charge in [0.1, 0.15) is 5.78 Å². The number of hydrogen-bond acceptors (Lipinski definition) is 1. The van der Waals surface area contributed by atoms with Crippen molar-refractivity contribution in [2.45, 2.75) is 33.1 Å². The predicted molar refractivity (Wildman–Crippen MR) is 71.9 cm³/mol. The molecule has 1 aromatic rings. The Morgan fingerprint density at radius 3 is 2.40 bits per heavy atom. The molecule has 0 radical (unpaired) electrons. The molecule has 0 amide bonds. The molecule has 0 aliphatic carbocycles. The molecule has 1 aromatic carbocycles. The van der Waals surface area contributed by atoms with Gasteiger partial charge in [-0.1, -0.05) is 26.0 Å². The van der Waals surface area contributed by atoms with Crippen molar-refractivity contribution >= 4 is 28.4 Å². The monoisotopic (exact) mass is 316 g/mol. The summed E-state index contributed by atoms with van der Waals surface area (Å²) in [5.74, 6) is 0.968. The van der Waals surface area contributed by atoms with E-state index < -0.39 is 0 Å². The lowest BCUT2D eigenvalue weighted by atomic mass is 10.0. The Balaban J connectivity index is 2.41. The van der Waals surface area contributed by atoms with Crippen molar-refractivity contribution < 1.29 is 4.79 Å². The van der Waals surface area contributed by atoms with Gasteiger partial charge >= 0.3 is 0 Å². The van der Waals surface area contributed by atoms with E-state index in [1.165, 1.54) is 3.57 Å². The Hall–Kier alpha value is -0.380. The van der Waals surface area contributed by atoms with Crippen LogP contribution in [-0.4, -0.2) is 5.78 Å². The first-order valence-electron chi connectivity index (χ1n) is 5.34. The normalized spacial score (nSPS) is 10.7. The van der Waals surface area contributed by atoms with Gasteiger partial charge in [-0.05, 0) is 52.6 Å². The molecule has 15 heavy (non-hydrogen) atoms. The summed E-state index contributed by atoms with van der Waals surface area (Å²) in [5, 5.41) is 0. The Bertz CT molecular complexity index is 314. The zero-order valence-corrected chi connectivity index (χ0v) is 11.5. The fourth-order valence-corrected chi connectivity index (χ4v) is 1.73. The zero-order chi connectivity index (χ0) is 11.3. The smallest absolute Gasteiger partial charge is 0.137 e. The molecule has 2 heteroatoms. The highest BCUT2D eigenvalue weighted by molar-refractivity contribution is 14.1. The van der Waals surface area contributed by atoms with E-state index in [2.05, 4.69) is 36.4 Å². The van der Waals surface area contributed by atoms with Crippen LogP contribution in [0.1, 0.15) is 32.3 Å². The van der Waals surface area contributed by atoms with E-state index >= 15 is 0 Å². The molecule has 0 bridgehead atoms. The van der Waals surface area contributed by atoms with Gasteiger partial charge in [-0.2, -0.15) is 0 Å². The number of halogens is 1. The Morgan fingerprint density at radius 1 is 1.27 bits per heavy atom. The number of ketones is 1. The van der Waals surface area contributed by atoms with Crippen LogP contribution in [0.15, 0.2) is 24.3 Å². The van der Waals surface area contributed by atoms with Crippen LogP contribution in [0, 0.1) is 9.49 Å². The lowest BCUT2D eigenvalue weighted by molar-refractivity contribution is -0.118. The van der Waals surface area contributed by atoms with E-state index in [1.54, 1.807) is 0 Å². The third-order valence-electron chi connectivity index (χ3n) is 2.32. The highest BCUT2D eigenvalue weighted by atomic mass is 127. The summed E-state index contributed by atoms with van der Waals surface area (Å²) in [4.78, 5) is 11.6. The third-order valence-corrected chi connectivity index (χ3v) is 3.03. The maximum atomic E-state index is 11.6. The van der Waals surface area contributed by atoms with Crippen molar-refractivity contribution in [1.29, 1.82) is 0 Å². The third kappa shape index (κ3) is 5.30. The first-order valence-corrected chi connectivity index (χ1v) is 6.42. The van der Waals surface area contributed by atoms with Gasteiger partial charge in [0.2, 0.25) is 0 Å². The molecule has 0 N–H and O–H groups in total. The van der Waals surface area contributed by atoms with Crippen LogP contribution in [0.5, 0.6) is 0 Å². The summed E-state index contributed by atoms with van der Waals surface area (Å²) in [6, 6.07) is 8.17. The Kier molecular flexibility index (Phi) is 5.29. The number of rotatable bonds is 5. The average molecular weight is 316 g/mol. The SMILES string of the molecule is CC(C)CCC(=O)Cc1ccc(I)cc1. The fraction of sp³-hybridized carbons (Fsp3) is 0.462. The van der Waals surface area contributed by atoms with Crippen LogP contribution in [0.4, 0.5) is 0 Å². The number of benzene rings is 1. The van der Waals surface area contributed by atoms with Crippen molar-refractivity contribution in [1.82, 2.24) is 0 Å². The molecule has 0 spiro atoms. The molecular formula is C13H17IO. The molecule has 0 saturated heterocycles. The van der Waals surface area contributed by atoms with Gasteiger partial charge in [-0.15, -0.1) is 0 Å². The summed E-state index contributed by atoms with van der Waals surface area (Å²) < 4.78 is 1.21. The molecule has 0 atom stereocenters. The van der Waals surface area contributed by atoms with Crippen LogP contribution in [-0.2, 0) is 11.2 Å². The number of carbonyl (C=O) groups is 1. The highest BCUT2D eigenvalue weighted by Gasteiger charge is 2.04. The maximum absolute atomic E-state index is 11.6. The van der Waals surface area contributed by atoms with Crippen LogP contribution in [0.3, 0.4) is 0 Å². The lowest BCUT2D eigenvalue weighted by Gasteiger charge is -2.04. The second kappa shape index (κ2) is 6.26. The van der Waals surface area contributed by atoms with E-state index in [-0.39, 0.29) is 0 Å². The summed E-state index contributed by atoms with van der Waals surface area (Å²) >= 11 is 2.27. The lowest BCUT2D eigenvalue weighted by Crippen LogP contribution is -2.04. The van der Waals surface area contributed by atoms with E-state index in [9.17, 15) is 4.79 Å². The summed E-state index contributed by atoms with van der Waals surface area (Å²) in [6.45, 7) is 4.30. The molecule has 82 valence electrons. The largest absolute Gasteiger partial charge is 0.299 e. The van der Waals surface area contributed by atoms with Crippen LogP contribution in [0.2, 0.25) is 0 Å². The minimum atomic E-state index is 0.352. The van der Waals surface area contributed by atoms with E-state index in [0.29, 0.717) is 24.5 Å². The van der Waals surface area contributed by atoms with Crippen LogP contribution < -0.4 is 0 Å². The molecule has 0 saturated carbocycles. The summed E-state index contributed by atoms with van der Waals surface area (Å²) in [7, 11) is 0. The first-order chi connectivity index (χ1) is 7.08. The zero-order valence-electron chi connectivity index (χ0n) is 9.29. The summed E-state index contributed by atoms with van der Waals surface area (Å²) in [6.07, 6.45) is 2.30. The van der Waals surface area contributed by atoms with E-state index in [1.807, 2.05) is 24.3 Å². The molecule has 0 unspecified atom stereocenters. The second-order valence-corrected chi connectivity index (χ2v) is 5.52. The minimum absolute atomic E-state index is 0.352. The van der Waals surface area contributed by atoms with Gasteiger partial charge in [-0.3, -0.25) is 4.79 Å². The molecule has 1 rings (SSSR count). The van der Waals surface area contributed by atoms with Crippen molar-refractivity contribution in [2.24, 2.45) is 5.92 Å². The molecular weight excluding hydrogens is 299 g/mol. The molecule has 0 heterocycles. The summed E-state index contributed by atoms with van der Waals surface area (Å²) in [5.41, 5.74) is 1.13. The van der Waals surface area contributed by atoms with Gasteiger partial charge in [0, 0.05) is 16.4 Å². The number of carbonyl (C=O) groups excluding carboxylic acids is 1. The van der Waals surface area contributed by atoms with Crippen molar-refractivity contribution in [3.63, 3.8) is 0 Å². The molecule has 0 aliphatic heterocycles. The molecule has 0 aliphatic rings. The maximum Gasteiger partial charge on any atom is 0.137 e. The quantitative estimate of drug-likeness (QED) is 0.754.